The van der Waals surface area contributed by atoms with Crippen LogP contribution in [0.4, 0.5) is 26.3 Å². The number of rotatable bonds is 7. The lowest BCUT2D eigenvalue weighted by Gasteiger charge is -2.23. The van der Waals surface area contributed by atoms with Crippen LogP contribution in [0, 0.1) is 11.3 Å². The van der Waals surface area contributed by atoms with Crippen LogP contribution in [0.1, 0.15) is 16.7 Å². The molecular formula is C87H49F6N7. The van der Waals surface area contributed by atoms with Gasteiger partial charge in [0.25, 0.3) is 0 Å². The second-order valence-electron chi connectivity index (χ2n) is 25.7. The molecule has 0 unspecified atom stereocenters. The van der Waals surface area contributed by atoms with Crippen LogP contribution in [0.15, 0.2) is 297 Å². The molecule has 0 saturated carbocycles. The van der Waals surface area contributed by atoms with Crippen molar-refractivity contribution in [1.29, 1.82) is 5.26 Å². The maximum absolute atomic E-state index is 16.2. The van der Waals surface area contributed by atoms with Crippen molar-refractivity contribution in [3.8, 4) is 51.3 Å². The average molecular weight is 1310 g/mol. The van der Waals surface area contributed by atoms with Gasteiger partial charge in [-0.2, -0.15) is 31.6 Å². The summed E-state index contributed by atoms with van der Waals surface area (Å²) in [4.78, 5) is 0. The number of nitriles is 1. The van der Waals surface area contributed by atoms with Gasteiger partial charge in [-0.3, -0.25) is 0 Å². The Hall–Kier alpha value is -13.1. The van der Waals surface area contributed by atoms with E-state index in [9.17, 15) is 5.26 Å². The molecule has 0 aliphatic heterocycles. The molecule has 0 spiro atoms. The molecular weight excluding hydrogens is 1260 g/mol. The molecule has 0 fully saturated rings. The molecule has 0 amide bonds. The van der Waals surface area contributed by atoms with E-state index in [4.69, 9.17) is 0 Å². The molecule has 20 aromatic rings. The third-order valence-corrected chi connectivity index (χ3v) is 20.5. The van der Waals surface area contributed by atoms with Gasteiger partial charge in [-0.1, -0.05) is 176 Å². The van der Waals surface area contributed by atoms with Gasteiger partial charge in [-0.25, -0.2) is 0 Å². The molecule has 0 radical (unpaired) electrons. The SMILES string of the molecule is N#Cc1c(-n2c3cc(-n4c5ccccc5c5ccccc54)ccc3c3ccc(-n4c5ccccc5c5ccccc54)cc32)cc(-c2c(C(F)(F)F)cccc2C(F)(F)F)cc1-n1c2cc(-n3c4ccccc4c4ccccc43)ccc2c2ccc(-n3c4ccccc4c4ccccc43)cc21. The first-order valence-corrected chi connectivity index (χ1v) is 32.9. The highest BCUT2D eigenvalue weighted by Gasteiger charge is 2.42. The molecule has 7 nitrogen and oxygen atoms in total. The topological polar surface area (TPSA) is 53.4 Å². The quantitative estimate of drug-likeness (QED) is 0.147. The molecule has 6 aromatic heterocycles. The summed E-state index contributed by atoms with van der Waals surface area (Å²) in [5.74, 6) is 0. The zero-order valence-corrected chi connectivity index (χ0v) is 52.7. The highest BCUT2D eigenvalue weighted by Crippen LogP contribution is 2.50. The average Bonchev–Trinajstić information content (AvgIpc) is 1.52. The van der Waals surface area contributed by atoms with Crippen molar-refractivity contribution in [2.24, 2.45) is 0 Å². The van der Waals surface area contributed by atoms with E-state index in [0.717, 1.165) is 138 Å². The third-order valence-electron chi connectivity index (χ3n) is 20.5. The summed E-state index contributed by atoms with van der Waals surface area (Å²) in [6.07, 6.45) is -10.6. The second-order valence-corrected chi connectivity index (χ2v) is 25.7. The first kappa shape index (κ1) is 57.2. The Balaban J connectivity index is 0.970. The summed E-state index contributed by atoms with van der Waals surface area (Å²) in [6, 6.07) is 96.7. The first-order chi connectivity index (χ1) is 48.9. The molecule has 6 heterocycles. The number of halogens is 6. The number of fused-ring (bicyclic) bond motifs is 18. The van der Waals surface area contributed by atoms with Gasteiger partial charge >= 0.3 is 12.4 Å². The highest BCUT2D eigenvalue weighted by molar-refractivity contribution is 6.17. The van der Waals surface area contributed by atoms with E-state index >= 15 is 26.3 Å². The van der Waals surface area contributed by atoms with E-state index in [0.29, 0.717) is 34.2 Å². The fourth-order valence-electron chi connectivity index (χ4n) is 16.4. The van der Waals surface area contributed by atoms with Crippen LogP contribution in [0.3, 0.4) is 0 Å². The number of nitrogens with zero attached hydrogens (tertiary/aromatic N) is 7. The predicted octanol–water partition coefficient (Wildman–Crippen LogP) is 23.8. The number of hydrogen-bond acceptors (Lipinski definition) is 1. The van der Waals surface area contributed by atoms with Gasteiger partial charge in [0.05, 0.1) is 88.7 Å². The van der Waals surface area contributed by atoms with Gasteiger partial charge in [-0.05, 0) is 127 Å². The normalized spacial score (nSPS) is 12.5. The van der Waals surface area contributed by atoms with Gasteiger partial charge in [0.1, 0.15) is 11.6 Å². The fourth-order valence-corrected chi connectivity index (χ4v) is 16.4. The Morgan fingerprint density at radius 2 is 0.450 bits per heavy atom. The molecule has 0 aliphatic carbocycles. The Kier molecular flexibility index (Phi) is 12.0. The first-order valence-electron chi connectivity index (χ1n) is 32.9. The number of hydrogen-bond donors (Lipinski definition) is 0. The number of benzene rings is 14. The lowest BCUT2D eigenvalue weighted by atomic mass is 9.91. The Labute approximate surface area is 564 Å². The maximum atomic E-state index is 16.2. The minimum Gasteiger partial charge on any atom is -0.309 e. The number of alkyl halides is 6. The standard InChI is InChI=1S/C87H49F6N7/c88-86(89,90)69-26-17-27-70(87(91,92)93)85(69)51-44-79(99-81-46-52(95-71-28-9-1-18-56(71)57-19-2-10-29-72(57)95)36-40-64(81)65-41-37-53(47-82(65)99)96-73-30-11-3-20-58(73)59-21-4-12-31-74(59)96)68(50-94)80(45-51)100-83-48-54(97-75-32-13-5-22-60(75)61-23-6-14-33-76(61)97)38-42-66(83)67-43-39-55(49-84(67)100)98-77-34-15-7-24-62(77)63-25-8-16-35-78(63)98/h1-49H. The van der Waals surface area contributed by atoms with Crippen LogP contribution in [0.2, 0.25) is 0 Å². The van der Waals surface area contributed by atoms with Gasteiger partial charge in [-0.15, -0.1) is 0 Å². The van der Waals surface area contributed by atoms with Crippen molar-refractivity contribution < 1.29 is 26.3 Å². The van der Waals surface area contributed by atoms with Crippen LogP contribution in [0.5, 0.6) is 0 Å². The summed E-state index contributed by atoms with van der Waals surface area (Å²) in [5.41, 5.74) is 7.98. The largest absolute Gasteiger partial charge is 0.417 e. The van der Waals surface area contributed by atoms with Crippen molar-refractivity contribution >= 4 is 131 Å². The minimum atomic E-state index is -5.28. The van der Waals surface area contributed by atoms with E-state index in [1.807, 2.05) is 179 Å². The smallest absolute Gasteiger partial charge is 0.309 e. The van der Waals surface area contributed by atoms with E-state index < -0.39 is 34.6 Å². The monoisotopic (exact) mass is 1310 g/mol. The van der Waals surface area contributed by atoms with Crippen molar-refractivity contribution in [2.75, 3.05) is 0 Å². The molecule has 0 saturated heterocycles. The summed E-state index contributed by atoms with van der Waals surface area (Å²) in [5, 5.41) is 23.6. The molecule has 0 atom stereocenters. The molecule has 20 rings (SSSR count). The molecule has 100 heavy (non-hydrogen) atoms. The molecule has 0 N–H and O–H groups in total. The van der Waals surface area contributed by atoms with Gasteiger partial charge in [0.2, 0.25) is 0 Å². The Morgan fingerprint density at radius 3 is 0.670 bits per heavy atom. The van der Waals surface area contributed by atoms with Crippen LogP contribution >= 0.6 is 0 Å². The van der Waals surface area contributed by atoms with Crippen LogP contribution in [-0.4, -0.2) is 27.4 Å². The van der Waals surface area contributed by atoms with Gasteiger partial charge in [0.15, 0.2) is 0 Å². The number of para-hydroxylation sites is 8. The lowest BCUT2D eigenvalue weighted by Crippen LogP contribution is -2.15. The molecule has 474 valence electrons. The Morgan fingerprint density at radius 1 is 0.230 bits per heavy atom. The summed E-state index contributed by atoms with van der Waals surface area (Å²) in [6.45, 7) is 0. The van der Waals surface area contributed by atoms with E-state index in [1.165, 1.54) is 12.1 Å². The molecule has 13 heteroatoms. The van der Waals surface area contributed by atoms with Crippen molar-refractivity contribution in [3.63, 3.8) is 0 Å². The van der Waals surface area contributed by atoms with E-state index in [1.54, 1.807) is 0 Å². The predicted molar refractivity (Wildman–Crippen MR) is 393 cm³/mol. The zero-order chi connectivity index (χ0) is 67.0. The van der Waals surface area contributed by atoms with Crippen molar-refractivity contribution in [3.05, 3.63) is 314 Å². The molecule has 0 bridgehead atoms. The minimum absolute atomic E-state index is 0.0199. The van der Waals surface area contributed by atoms with Crippen molar-refractivity contribution in [1.82, 2.24) is 27.4 Å². The van der Waals surface area contributed by atoms with Crippen molar-refractivity contribution in [2.45, 2.75) is 12.4 Å². The fraction of sp³-hybridized carbons (Fsp3) is 0.0230. The summed E-state index contributed by atoms with van der Waals surface area (Å²) < 4.78 is 110. The zero-order valence-electron chi connectivity index (χ0n) is 52.7. The van der Waals surface area contributed by atoms with Crippen LogP contribution in [0.25, 0.3) is 176 Å². The third kappa shape index (κ3) is 8.16. The molecule has 14 aromatic carbocycles. The molecule has 0 aliphatic rings. The number of aromatic nitrogens is 6. The second kappa shape index (κ2) is 21.0. The Bertz CT molecular complexity index is 6020. The van der Waals surface area contributed by atoms with Gasteiger partial charge in [0, 0.05) is 92.9 Å². The van der Waals surface area contributed by atoms with Crippen LogP contribution in [-0.2, 0) is 12.4 Å². The van der Waals surface area contributed by atoms with E-state index in [2.05, 4.69) is 121 Å². The van der Waals surface area contributed by atoms with E-state index in [-0.39, 0.29) is 16.9 Å². The summed E-state index contributed by atoms with van der Waals surface area (Å²) >= 11 is 0. The van der Waals surface area contributed by atoms with Gasteiger partial charge < -0.3 is 27.4 Å². The lowest BCUT2D eigenvalue weighted by molar-refractivity contribution is -0.142. The summed E-state index contributed by atoms with van der Waals surface area (Å²) in [7, 11) is 0. The maximum Gasteiger partial charge on any atom is 0.417 e. The highest BCUT2D eigenvalue weighted by atomic mass is 19.4. The van der Waals surface area contributed by atoms with Crippen LogP contribution < -0.4 is 0 Å².